The molecular formula is C2H2Cl2S2. The molecule has 0 nitrogen and oxygen atoms in total. The summed E-state index contributed by atoms with van der Waals surface area (Å²) in [5, 5.41) is 0.194. The zero-order chi connectivity index (χ0) is 2.71. The minimum Gasteiger partial charge on any atom is -2.00 e. The van der Waals surface area contributed by atoms with Gasteiger partial charge in [-0.05, 0) is 0 Å². The van der Waals surface area contributed by atoms with Gasteiger partial charge in [0.2, 0.25) is 0 Å². The molecule has 0 spiro atoms. The van der Waals surface area contributed by atoms with Crippen LogP contribution in [0.4, 0.5) is 0 Å². The third-order valence-corrected chi connectivity index (χ3v) is 0. The van der Waals surface area contributed by atoms with E-state index < -0.39 is 0 Å². The number of alkyl halides is 2. The molecule has 0 rings (SSSR count). The molecule has 0 aliphatic carbocycles. The first-order valence-electron chi connectivity index (χ1n) is 0.535. The second-order valence-electron chi connectivity index (χ2n) is 0.101. The molecule has 0 amide bonds. The molecule has 0 heterocycles. The van der Waals surface area contributed by atoms with Gasteiger partial charge in [-0.2, -0.15) is 0 Å². The average molecular weight is 161 g/mol. The van der Waals surface area contributed by atoms with Crippen molar-refractivity contribution in [2.75, 3.05) is 5.34 Å². The minimum atomic E-state index is 0. The second-order valence-corrected chi connectivity index (χ2v) is 0.909. The van der Waals surface area contributed by atoms with Crippen molar-refractivity contribution in [1.82, 2.24) is 0 Å². The predicted molar refractivity (Wildman–Crippen MR) is 34.5 cm³/mol. The van der Waals surface area contributed by atoms with Crippen LogP contribution in [0.2, 0.25) is 0 Å². The molecule has 0 saturated heterocycles. The molecule has 0 aromatic carbocycles. The van der Waals surface area contributed by atoms with Gasteiger partial charge in [-0.1, -0.05) is 0 Å². The van der Waals surface area contributed by atoms with E-state index in [0.717, 1.165) is 0 Å². The molecule has 0 aromatic heterocycles. The van der Waals surface area contributed by atoms with Gasteiger partial charge in [0.25, 0.3) is 0 Å². The van der Waals surface area contributed by atoms with Crippen LogP contribution in [0.3, 0.4) is 0 Å². The normalized spacial score (nSPS) is 3.00. The van der Waals surface area contributed by atoms with Gasteiger partial charge in [-0.15, -0.1) is 23.2 Å². The zero-order valence-corrected chi connectivity index (χ0v) is 5.92. The molecule has 6 heavy (non-hydrogen) atoms. The summed E-state index contributed by atoms with van der Waals surface area (Å²) in [6.07, 6.45) is 0. The fraction of sp³-hybridized carbons (Fsp3) is 0.500. The molecule has 0 aliphatic heterocycles. The van der Waals surface area contributed by atoms with Gasteiger partial charge in [0.15, 0.2) is 0 Å². The van der Waals surface area contributed by atoms with Crippen LogP contribution in [0.25, 0.3) is 0 Å². The molecule has 4 heteroatoms. The van der Waals surface area contributed by atoms with Crippen molar-refractivity contribution in [3.05, 3.63) is 7.43 Å². The van der Waals surface area contributed by atoms with Crippen molar-refractivity contribution in [3.8, 4) is 0 Å². The predicted octanol–water partition coefficient (Wildman–Crippen LogP) is 1.50. The van der Waals surface area contributed by atoms with Crippen LogP contribution < -0.4 is 0 Å². The van der Waals surface area contributed by atoms with E-state index in [1.54, 1.807) is 0 Å². The first kappa shape index (κ1) is 26.7. The van der Waals surface area contributed by atoms with E-state index >= 15 is 0 Å². The van der Waals surface area contributed by atoms with Crippen LogP contribution in [0, 0.1) is 7.43 Å². The summed E-state index contributed by atoms with van der Waals surface area (Å²) in [4.78, 5) is 0. The van der Waals surface area contributed by atoms with Gasteiger partial charge in [0, 0.05) is 0 Å². The molecule has 0 aliphatic rings. The molecule has 36 valence electrons. The standard InChI is InChI=1S/CH2Cl2.C.2S/c2-1-3;;;/h1H2;;;/q;+4;2*-2. The van der Waals surface area contributed by atoms with Gasteiger partial charge in [-0.3, -0.25) is 0 Å². The smallest absolute Gasteiger partial charge is 2.00 e. The molecule has 0 radical (unpaired) electrons. The number of rotatable bonds is 0. The Morgan fingerprint density at radius 2 is 1.00 bits per heavy atom. The van der Waals surface area contributed by atoms with Crippen molar-refractivity contribution < 1.29 is 0 Å². The summed E-state index contributed by atoms with van der Waals surface area (Å²) in [5.74, 6) is 0. The van der Waals surface area contributed by atoms with Crippen molar-refractivity contribution in [2.24, 2.45) is 0 Å². The van der Waals surface area contributed by atoms with Crippen LogP contribution in [-0.2, 0) is 27.0 Å². The Morgan fingerprint density at radius 3 is 1.00 bits per heavy atom. The molecule has 0 bridgehead atoms. The van der Waals surface area contributed by atoms with Crippen molar-refractivity contribution in [2.45, 2.75) is 0 Å². The van der Waals surface area contributed by atoms with E-state index in [1.807, 2.05) is 0 Å². The Hall–Kier alpha value is 1.28. The van der Waals surface area contributed by atoms with Crippen LogP contribution >= 0.6 is 23.2 Å². The summed E-state index contributed by atoms with van der Waals surface area (Å²) in [6.45, 7) is 0. The van der Waals surface area contributed by atoms with Crippen LogP contribution in [0.1, 0.15) is 0 Å². The first-order chi connectivity index (χ1) is 1.41. The van der Waals surface area contributed by atoms with E-state index in [9.17, 15) is 0 Å². The Bertz CT molecular complexity index is 9.51. The van der Waals surface area contributed by atoms with Crippen molar-refractivity contribution >= 4 is 50.2 Å². The topological polar surface area (TPSA) is 0 Å². The molecule has 0 fully saturated rings. The monoisotopic (exact) mass is 160 g/mol. The Labute approximate surface area is 63.1 Å². The zero-order valence-electron chi connectivity index (χ0n) is 2.78. The molecular weight excluding hydrogens is 159 g/mol. The van der Waals surface area contributed by atoms with Crippen molar-refractivity contribution in [3.63, 3.8) is 0 Å². The van der Waals surface area contributed by atoms with Gasteiger partial charge in [0.1, 0.15) is 0 Å². The Kier molecular flexibility index (Phi) is 150. The molecule has 0 unspecified atom stereocenters. The maximum atomic E-state index is 4.76. The third-order valence-electron chi connectivity index (χ3n) is 0. The third kappa shape index (κ3) is 59.0. The Morgan fingerprint density at radius 1 is 1.00 bits per heavy atom. The van der Waals surface area contributed by atoms with E-state index in [0.29, 0.717) is 0 Å². The van der Waals surface area contributed by atoms with Gasteiger partial charge in [0.05, 0.1) is 5.34 Å². The van der Waals surface area contributed by atoms with E-state index in [-0.39, 0.29) is 39.8 Å². The molecule has 0 saturated carbocycles. The SMILES string of the molecule is ClCCl.[C+4].[S-2].[S-2]. The maximum Gasteiger partial charge on any atom is 4.00 e. The summed E-state index contributed by atoms with van der Waals surface area (Å²) < 4.78 is 0. The van der Waals surface area contributed by atoms with E-state index in [2.05, 4.69) is 0 Å². The summed E-state index contributed by atoms with van der Waals surface area (Å²) in [6, 6.07) is 0. The summed E-state index contributed by atoms with van der Waals surface area (Å²) in [7, 11) is 0. The van der Waals surface area contributed by atoms with E-state index in [4.69, 9.17) is 23.2 Å². The van der Waals surface area contributed by atoms with Crippen molar-refractivity contribution in [1.29, 1.82) is 0 Å². The maximum absolute atomic E-state index is 4.76. The number of hydrogen-bond donors (Lipinski definition) is 0. The average Bonchev–Trinajstić information content (AvgIpc) is 0.918. The fourth-order valence-electron chi connectivity index (χ4n) is 0. The fourth-order valence-corrected chi connectivity index (χ4v) is 0. The molecule has 0 aromatic rings. The largest absolute Gasteiger partial charge is 4.00 e. The second kappa shape index (κ2) is 33.7. The van der Waals surface area contributed by atoms with Gasteiger partial charge in [-0.25, -0.2) is 0 Å². The van der Waals surface area contributed by atoms with Crippen LogP contribution in [0.15, 0.2) is 0 Å². The number of halogens is 2. The minimum absolute atomic E-state index is 0. The molecule has 0 N–H and O–H groups in total. The van der Waals surface area contributed by atoms with E-state index in [1.165, 1.54) is 0 Å². The van der Waals surface area contributed by atoms with Crippen LogP contribution in [-0.4, -0.2) is 5.34 Å². The first-order valence-corrected chi connectivity index (χ1v) is 1.60. The van der Waals surface area contributed by atoms with Gasteiger partial charge < -0.3 is 27.0 Å². The quantitative estimate of drug-likeness (QED) is 0.472. The van der Waals surface area contributed by atoms with Gasteiger partial charge >= 0.3 is 7.43 Å². The summed E-state index contributed by atoms with van der Waals surface area (Å²) >= 11 is 9.53. The number of hydrogen-bond acceptors (Lipinski definition) is 0. The Balaban J connectivity index is -0.00000000667. The molecule has 0 atom stereocenters. The van der Waals surface area contributed by atoms with Crippen LogP contribution in [0.5, 0.6) is 0 Å². The summed E-state index contributed by atoms with van der Waals surface area (Å²) in [5.41, 5.74) is 0.